The van der Waals surface area contributed by atoms with Crippen molar-refractivity contribution in [2.24, 2.45) is 0 Å². The first-order valence-corrected chi connectivity index (χ1v) is 10.4. The maximum Gasteiger partial charge on any atom is 0.266 e. The largest absolute Gasteiger partial charge is 0.497 e. The maximum atomic E-state index is 12.7. The number of halogens is 1. The van der Waals surface area contributed by atoms with Crippen molar-refractivity contribution in [3.8, 4) is 5.75 Å². The molecule has 0 saturated carbocycles. The molecule has 28 heavy (non-hydrogen) atoms. The Bertz CT molecular complexity index is 945. The van der Waals surface area contributed by atoms with Gasteiger partial charge in [-0.25, -0.2) is 0 Å². The highest BCUT2D eigenvalue weighted by Gasteiger charge is 2.32. The van der Waals surface area contributed by atoms with Crippen molar-refractivity contribution in [2.75, 3.05) is 19.0 Å². The van der Waals surface area contributed by atoms with Crippen molar-refractivity contribution in [3.63, 3.8) is 0 Å². The number of carbonyl (C=O) groups is 2. The second-order valence-electron chi connectivity index (χ2n) is 5.92. The van der Waals surface area contributed by atoms with E-state index in [1.165, 1.54) is 16.7 Å². The monoisotopic (exact) mass is 476 g/mol. The Balaban J connectivity index is 1.61. The highest BCUT2D eigenvalue weighted by molar-refractivity contribution is 9.10. The molecule has 2 aromatic carbocycles. The molecular weight excluding hydrogens is 460 g/mol. The third-order valence-corrected chi connectivity index (χ3v) is 5.86. The fourth-order valence-corrected chi connectivity index (χ4v) is 4.12. The molecule has 0 aromatic heterocycles. The highest BCUT2D eigenvalue weighted by Crippen LogP contribution is 2.33. The number of thioether (sulfide) groups is 1. The molecule has 0 radical (unpaired) electrons. The van der Waals surface area contributed by atoms with Crippen LogP contribution in [0.1, 0.15) is 12.0 Å². The Morgan fingerprint density at radius 1 is 1.29 bits per heavy atom. The Labute approximate surface area is 181 Å². The summed E-state index contributed by atoms with van der Waals surface area (Å²) in [5.74, 6) is 0.358. The standard InChI is InChI=1S/C20H17BrN2O3S2/c1-26-16-4-2-3-13(11-16)12-17-19(25)23(20(27)28-17)10-9-18(24)22-15-7-5-14(21)6-8-15/h2-8,11-12H,9-10H2,1H3,(H,22,24). The van der Waals surface area contributed by atoms with Gasteiger partial charge in [-0.2, -0.15) is 0 Å². The van der Waals surface area contributed by atoms with Crippen LogP contribution in [0.3, 0.4) is 0 Å². The van der Waals surface area contributed by atoms with Crippen molar-refractivity contribution in [1.29, 1.82) is 0 Å². The second-order valence-corrected chi connectivity index (χ2v) is 8.51. The zero-order valence-corrected chi connectivity index (χ0v) is 18.2. The Hall–Kier alpha value is -2.16. The minimum atomic E-state index is -0.186. The van der Waals surface area contributed by atoms with Crippen LogP contribution >= 0.6 is 39.9 Å². The number of anilines is 1. The van der Waals surface area contributed by atoms with Crippen LogP contribution in [-0.2, 0) is 9.59 Å². The van der Waals surface area contributed by atoms with Crippen LogP contribution in [0.15, 0.2) is 57.9 Å². The topological polar surface area (TPSA) is 58.6 Å². The average molecular weight is 477 g/mol. The number of hydrogen-bond acceptors (Lipinski definition) is 5. The smallest absolute Gasteiger partial charge is 0.266 e. The molecule has 5 nitrogen and oxygen atoms in total. The van der Waals surface area contributed by atoms with Crippen molar-refractivity contribution < 1.29 is 14.3 Å². The van der Waals surface area contributed by atoms with E-state index in [1.54, 1.807) is 25.3 Å². The van der Waals surface area contributed by atoms with E-state index in [-0.39, 0.29) is 24.8 Å². The summed E-state index contributed by atoms with van der Waals surface area (Å²) in [5.41, 5.74) is 1.56. The molecule has 1 heterocycles. The summed E-state index contributed by atoms with van der Waals surface area (Å²) in [4.78, 5) is 26.8. The van der Waals surface area contributed by atoms with Gasteiger partial charge in [-0.3, -0.25) is 14.5 Å². The lowest BCUT2D eigenvalue weighted by Crippen LogP contribution is -2.31. The van der Waals surface area contributed by atoms with E-state index < -0.39 is 0 Å². The van der Waals surface area contributed by atoms with Gasteiger partial charge in [-0.1, -0.05) is 52.0 Å². The SMILES string of the molecule is COc1cccc(C=C2SC(=S)N(CCC(=O)Nc3ccc(Br)cc3)C2=O)c1. The highest BCUT2D eigenvalue weighted by atomic mass is 79.9. The van der Waals surface area contributed by atoms with Crippen molar-refractivity contribution in [2.45, 2.75) is 6.42 Å². The molecule has 0 atom stereocenters. The van der Waals surface area contributed by atoms with Gasteiger partial charge >= 0.3 is 0 Å². The van der Waals surface area contributed by atoms with E-state index in [9.17, 15) is 9.59 Å². The number of rotatable bonds is 6. The molecule has 8 heteroatoms. The Morgan fingerprint density at radius 2 is 2.04 bits per heavy atom. The number of carbonyl (C=O) groups excluding carboxylic acids is 2. The third kappa shape index (κ3) is 5.21. The van der Waals surface area contributed by atoms with Gasteiger partial charge in [-0.05, 0) is 48.0 Å². The fourth-order valence-electron chi connectivity index (χ4n) is 2.55. The summed E-state index contributed by atoms with van der Waals surface area (Å²) in [6.07, 6.45) is 1.94. The Kier molecular flexibility index (Phi) is 6.88. The molecule has 1 aliphatic rings. The molecule has 1 aliphatic heterocycles. The molecule has 0 aliphatic carbocycles. The summed E-state index contributed by atoms with van der Waals surface area (Å²) in [6, 6.07) is 14.7. The summed E-state index contributed by atoms with van der Waals surface area (Å²) in [7, 11) is 1.60. The van der Waals surface area contributed by atoms with E-state index in [4.69, 9.17) is 17.0 Å². The number of methoxy groups -OCH3 is 1. The number of hydrogen-bond donors (Lipinski definition) is 1. The molecule has 0 spiro atoms. The van der Waals surface area contributed by atoms with Crippen LogP contribution in [0.25, 0.3) is 6.08 Å². The molecule has 144 valence electrons. The lowest BCUT2D eigenvalue weighted by molar-refractivity contribution is -0.122. The number of thiocarbonyl (C=S) groups is 1. The minimum Gasteiger partial charge on any atom is -0.497 e. The molecule has 1 fully saturated rings. The Morgan fingerprint density at radius 3 is 2.75 bits per heavy atom. The van der Waals surface area contributed by atoms with E-state index in [0.717, 1.165) is 10.0 Å². The lowest BCUT2D eigenvalue weighted by atomic mass is 10.2. The molecule has 1 saturated heterocycles. The summed E-state index contributed by atoms with van der Waals surface area (Å²) < 4.78 is 6.59. The molecule has 2 amide bonds. The number of benzene rings is 2. The van der Waals surface area contributed by atoms with Crippen LogP contribution in [0.2, 0.25) is 0 Å². The minimum absolute atomic E-state index is 0.162. The molecular formula is C20H17BrN2O3S2. The van der Waals surface area contributed by atoms with E-state index in [1.807, 2.05) is 36.4 Å². The molecule has 3 rings (SSSR count). The second kappa shape index (κ2) is 9.36. The predicted octanol–water partition coefficient (Wildman–Crippen LogP) is 4.69. The van der Waals surface area contributed by atoms with Crippen LogP contribution in [0, 0.1) is 0 Å². The van der Waals surface area contributed by atoms with Gasteiger partial charge in [0.25, 0.3) is 5.91 Å². The van der Waals surface area contributed by atoms with Crippen molar-refractivity contribution in [3.05, 3.63) is 63.5 Å². The molecule has 1 N–H and O–H groups in total. The maximum absolute atomic E-state index is 12.7. The van der Waals surface area contributed by atoms with E-state index in [2.05, 4.69) is 21.2 Å². The van der Waals surface area contributed by atoms with Crippen LogP contribution in [-0.4, -0.2) is 34.7 Å². The van der Waals surface area contributed by atoms with Crippen LogP contribution in [0.4, 0.5) is 5.69 Å². The van der Waals surface area contributed by atoms with Crippen LogP contribution < -0.4 is 10.1 Å². The van der Waals surface area contributed by atoms with Gasteiger partial charge in [0.2, 0.25) is 5.91 Å². The first kappa shape index (κ1) is 20.6. The molecule has 0 unspecified atom stereocenters. The number of amides is 2. The zero-order valence-electron chi connectivity index (χ0n) is 15.0. The normalized spacial score (nSPS) is 15.2. The predicted molar refractivity (Wildman–Crippen MR) is 120 cm³/mol. The van der Waals surface area contributed by atoms with Gasteiger partial charge in [0.15, 0.2) is 0 Å². The van der Waals surface area contributed by atoms with Gasteiger partial charge in [-0.15, -0.1) is 0 Å². The van der Waals surface area contributed by atoms with Gasteiger partial charge in [0.1, 0.15) is 10.1 Å². The summed E-state index contributed by atoms with van der Waals surface area (Å²) in [6.45, 7) is 0.239. The third-order valence-electron chi connectivity index (χ3n) is 3.96. The van der Waals surface area contributed by atoms with Crippen LogP contribution in [0.5, 0.6) is 5.75 Å². The molecule has 2 aromatic rings. The first-order valence-electron chi connectivity index (χ1n) is 8.41. The quantitative estimate of drug-likeness (QED) is 0.484. The number of ether oxygens (including phenoxy) is 1. The van der Waals surface area contributed by atoms with Gasteiger partial charge in [0, 0.05) is 23.1 Å². The van der Waals surface area contributed by atoms with E-state index >= 15 is 0 Å². The van der Waals surface area contributed by atoms with E-state index in [0.29, 0.717) is 20.7 Å². The van der Waals surface area contributed by atoms with Crippen molar-refractivity contribution in [1.82, 2.24) is 4.90 Å². The summed E-state index contributed by atoms with van der Waals surface area (Å²) in [5, 5.41) is 2.81. The average Bonchev–Trinajstić information content (AvgIpc) is 2.95. The van der Waals surface area contributed by atoms with Crippen molar-refractivity contribution >= 4 is 67.8 Å². The van der Waals surface area contributed by atoms with Gasteiger partial charge in [0.05, 0.1) is 12.0 Å². The fraction of sp³-hybridized carbons (Fsp3) is 0.150. The first-order chi connectivity index (χ1) is 13.5. The number of nitrogens with zero attached hydrogens (tertiary/aromatic N) is 1. The van der Waals surface area contributed by atoms with Gasteiger partial charge < -0.3 is 10.1 Å². The summed E-state index contributed by atoms with van der Waals surface area (Å²) >= 11 is 9.91. The molecule has 0 bridgehead atoms. The zero-order chi connectivity index (χ0) is 20.1. The number of nitrogens with one attached hydrogen (secondary N) is 1. The lowest BCUT2D eigenvalue weighted by Gasteiger charge is -2.14.